The SMILES string of the molecule is CC(C)(C)n1ccc(-c2nc([C@@H]3CCOC3)no2)c1. The second-order valence-corrected chi connectivity index (χ2v) is 6.00. The second kappa shape index (κ2) is 4.49. The second-order valence-electron chi connectivity index (χ2n) is 6.00. The number of rotatable bonds is 2. The van der Waals surface area contributed by atoms with Crippen LogP contribution in [0.3, 0.4) is 0 Å². The molecule has 1 aliphatic rings. The molecule has 2 aromatic rings. The molecule has 1 fully saturated rings. The van der Waals surface area contributed by atoms with Crippen molar-refractivity contribution in [1.29, 1.82) is 0 Å². The van der Waals surface area contributed by atoms with Gasteiger partial charge in [0, 0.05) is 30.5 Å². The van der Waals surface area contributed by atoms with E-state index in [2.05, 4.69) is 35.5 Å². The molecular formula is C14H19N3O2. The van der Waals surface area contributed by atoms with Crippen LogP contribution in [0.1, 0.15) is 38.9 Å². The van der Waals surface area contributed by atoms with E-state index in [1.54, 1.807) is 0 Å². The molecule has 0 amide bonds. The lowest BCUT2D eigenvalue weighted by atomic mass is 10.1. The Morgan fingerprint density at radius 1 is 1.37 bits per heavy atom. The Kier molecular flexibility index (Phi) is 2.93. The molecule has 1 atom stereocenters. The summed E-state index contributed by atoms with van der Waals surface area (Å²) in [5, 5.41) is 4.07. The molecule has 3 heterocycles. The topological polar surface area (TPSA) is 53.1 Å². The largest absolute Gasteiger partial charge is 0.381 e. The van der Waals surface area contributed by atoms with Gasteiger partial charge in [-0.15, -0.1) is 0 Å². The molecule has 0 saturated carbocycles. The van der Waals surface area contributed by atoms with Crippen LogP contribution in [0.4, 0.5) is 0 Å². The average molecular weight is 261 g/mol. The minimum Gasteiger partial charge on any atom is -0.381 e. The van der Waals surface area contributed by atoms with Crippen LogP contribution < -0.4 is 0 Å². The fourth-order valence-electron chi connectivity index (χ4n) is 2.20. The highest BCUT2D eigenvalue weighted by Crippen LogP contribution is 2.27. The van der Waals surface area contributed by atoms with Crippen molar-refractivity contribution in [2.45, 2.75) is 38.6 Å². The molecule has 0 N–H and O–H groups in total. The van der Waals surface area contributed by atoms with E-state index in [0.717, 1.165) is 24.4 Å². The van der Waals surface area contributed by atoms with Crippen LogP contribution in [0, 0.1) is 0 Å². The van der Waals surface area contributed by atoms with E-state index in [0.29, 0.717) is 12.5 Å². The molecule has 3 rings (SSSR count). The predicted octanol–water partition coefficient (Wildman–Crippen LogP) is 2.80. The van der Waals surface area contributed by atoms with E-state index in [-0.39, 0.29) is 11.5 Å². The Balaban J connectivity index is 1.84. The third-order valence-electron chi connectivity index (χ3n) is 3.45. The highest BCUT2D eigenvalue weighted by molar-refractivity contribution is 5.51. The van der Waals surface area contributed by atoms with Gasteiger partial charge in [0.05, 0.1) is 12.2 Å². The zero-order valence-corrected chi connectivity index (χ0v) is 11.6. The van der Waals surface area contributed by atoms with E-state index < -0.39 is 0 Å². The third kappa shape index (κ3) is 2.42. The average Bonchev–Trinajstić information content (AvgIpc) is 3.10. The molecule has 102 valence electrons. The van der Waals surface area contributed by atoms with Gasteiger partial charge in [-0.25, -0.2) is 0 Å². The summed E-state index contributed by atoms with van der Waals surface area (Å²) in [5.74, 6) is 1.63. The van der Waals surface area contributed by atoms with Crippen LogP contribution in [0.25, 0.3) is 11.5 Å². The molecule has 19 heavy (non-hydrogen) atoms. The Labute approximate surface area is 112 Å². The molecule has 5 nitrogen and oxygen atoms in total. The predicted molar refractivity (Wildman–Crippen MR) is 70.9 cm³/mol. The monoisotopic (exact) mass is 261 g/mol. The van der Waals surface area contributed by atoms with Crippen LogP contribution in [0.15, 0.2) is 23.0 Å². The molecule has 0 unspecified atom stereocenters. The van der Waals surface area contributed by atoms with Crippen molar-refractivity contribution >= 4 is 0 Å². The summed E-state index contributed by atoms with van der Waals surface area (Å²) in [4.78, 5) is 4.49. The maximum atomic E-state index is 5.36. The number of ether oxygens (including phenoxy) is 1. The van der Waals surface area contributed by atoms with Crippen LogP contribution in [0.2, 0.25) is 0 Å². The molecule has 0 aromatic carbocycles. The zero-order chi connectivity index (χ0) is 13.5. The molecule has 0 bridgehead atoms. The van der Waals surface area contributed by atoms with Crippen molar-refractivity contribution in [2.75, 3.05) is 13.2 Å². The molecule has 0 aliphatic carbocycles. The highest BCUT2D eigenvalue weighted by atomic mass is 16.5. The minimum atomic E-state index is 0.0559. The first-order valence-corrected chi connectivity index (χ1v) is 6.64. The molecular weight excluding hydrogens is 242 g/mol. The van der Waals surface area contributed by atoms with E-state index in [9.17, 15) is 0 Å². The number of hydrogen-bond donors (Lipinski definition) is 0. The fourth-order valence-corrected chi connectivity index (χ4v) is 2.20. The van der Waals surface area contributed by atoms with Crippen molar-refractivity contribution in [3.05, 3.63) is 24.3 Å². The zero-order valence-electron chi connectivity index (χ0n) is 11.6. The summed E-state index contributed by atoms with van der Waals surface area (Å²) in [6, 6.07) is 2.01. The Morgan fingerprint density at radius 2 is 2.21 bits per heavy atom. The van der Waals surface area contributed by atoms with Gasteiger partial charge in [-0.3, -0.25) is 0 Å². The number of aromatic nitrogens is 3. The summed E-state index contributed by atoms with van der Waals surface area (Å²) >= 11 is 0. The molecule has 1 aliphatic heterocycles. The summed E-state index contributed by atoms with van der Waals surface area (Å²) in [5.41, 5.74) is 1.02. The van der Waals surface area contributed by atoms with Crippen LogP contribution in [0.5, 0.6) is 0 Å². The van der Waals surface area contributed by atoms with Gasteiger partial charge in [-0.05, 0) is 33.3 Å². The molecule has 2 aromatic heterocycles. The van der Waals surface area contributed by atoms with Gasteiger partial charge in [-0.1, -0.05) is 5.16 Å². The summed E-state index contributed by atoms with van der Waals surface area (Å²) in [6.45, 7) is 7.96. The molecule has 5 heteroatoms. The third-order valence-corrected chi connectivity index (χ3v) is 3.45. The van der Waals surface area contributed by atoms with E-state index in [1.165, 1.54) is 0 Å². The van der Waals surface area contributed by atoms with Gasteiger partial charge in [-0.2, -0.15) is 4.98 Å². The Bertz CT molecular complexity index is 559. The lowest BCUT2D eigenvalue weighted by molar-refractivity contribution is 0.192. The van der Waals surface area contributed by atoms with Crippen molar-refractivity contribution in [3.63, 3.8) is 0 Å². The number of hydrogen-bond acceptors (Lipinski definition) is 4. The maximum Gasteiger partial charge on any atom is 0.259 e. The number of nitrogens with zero attached hydrogens (tertiary/aromatic N) is 3. The summed E-state index contributed by atoms with van der Waals surface area (Å²) in [6.07, 6.45) is 5.06. The van der Waals surface area contributed by atoms with Crippen molar-refractivity contribution in [3.8, 4) is 11.5 Å². The fraction of sp³-hybridized carbons (Fsp3) is 0.571. The van der Waals surface area contributed by atoms with E-state index >= 15 is 0 Å². The first-order valence-electron chi connectivity index (χ1n) is 6.64. The normalized spacial score (nSPS) is 20.1. The van der Waals surface area contributed by atoms with Crippen LogP contribution in [-0.4, -0.2) is 27.9 Å². The first kappa shape index (κ1) is 12.4. The van der Waals surface area contributed by atoms with Crippen LogP contribution in [-0.2, 0) is 10.3 Å². The lowest BCUT2D eigenvalue weighted by Gasteiger charge is -2.20. The molecule has 1 saturated heterocycles. The van der Waals surface area contributed by atoms with Gasteiger partial charge in [0.2, 0.25) is 0 Å². The van der Waals surface area contributed by atoms with Crippen molar-refractivity contribution < 1.29 is 9.26 Å². The van der Waals surface area contributed by atoms with Gasteiger partial charge < -0.3 is 13.8 Å². The standard InChI is InChI=1S/C14H19N3O2/c1-14(2,3)17-6-4-10(8-17)13-15-12(16-19-13)11-5-7-18-9-11/h4,6,8,11H,5,7,9H2,1-3H3/t11-/m1/s1. The summed E-state index contributed by atoms with van der Waals surface area (Å²) < 4.78 is 12.9. The van der Waals surface area contributed by atoms with Crippen LogP contribution >= 0.6 is 0 Å². The minimum absolute atomic E-state index is 0.0559. The Hall–Kier alpha value is -1.62. The van der Waals surface area contributed by atoms with Gasteiger partial charge in [0.25, 0.3) is 5.89 Å². The maximum absolute atomic E-state index is 5.36. The lowest BCUT2D eigenvalue weighted by Crippen LogP contribution is -2.19. The van der Waals surface area contributed by atoms with Crippen molar-refractivity contribution in [1.82, 2.24) is 14.7 Å². The quantitative estimate of drug-likeness (QED) is 0.834. The molecule has 0 radical (unpaired) electrons. The van der Waals surface area contributed by atoms with Gasteiger partial charge in [0.15, 0.2) is 5.82 Å². The first-order chi connectivity index (χ1) is 9.04. The smallest absolute Gasteiger partial charge is 0.259 e. The highest BCUT2D eigenvalue weighted by Gasteiger charge is 2.24. The van der Waals surface area contributed by atoms with Gasteiger partial charge >= 0.3 is 0 Å². The Morgan fingerprint density at radius 3 is 2.84 bits per heavy atom. The van der Waals surface area contributed by atoms with E-state index in [1.807, 2.05) is 18.5 Å². The van der Waals surface area contributed by atoms with Gasteiger partial charge in [0.1, 0.15) is 0 Å². The summed E-state index contributed by atoms with van der Waals surface area (Å²) in [7, 11) is 0. The molecule has 0 spiro atoms. The van der Waals surface area contributed by atoms with E-state index in [4.69, 9.17) is 9.26 Å². The van der Waals surface area contributed by atoms with Crippen molar-refractivity contribution in [2.24, 2.45) is 0 Å².